The number of nitrogens with one attached hydrogen (secondary N) is 1. The van der Waals surface area contributed by atoms with Crippen molar-refractivity contribution < 1.29 is 14.3 Å². The summed E-state index contributed by atoms with van der Waals surface area (Å²) >= 11 is 0. The number of hydrogen-bond donors (Lipinski definition) is 1. The highest BCUT2D eigenvalue weighted by atomic mass is 16.5. The molecule has 2 aromatic carbocycles. The highest BCUT2D eigenvalue weighted by Crippen LogP contribution is 2.32. The number of esters is 1. The molecule has 24 heavy (non-hydrogen) atoms. The summed E-state index contributed by atoms with van der Waals surface area (Å²) in [5, 5.41) is 3.60. The van der Waals surface area contributed by atoms with Crippen molar-refractivity contribution in [1.82, 2.24) is 4.98 Å². The Bertz CT molecular complexity index is 921. The van der Waals surface area contributed by atoms with Crippen LogP contribution in [0.3, 0.4) is 0 Å². The highest BCUT2D eigenvalue weighted by molar-refractivity contribution is 6.06. The van der Waals surface area contributed by atoms with E-state index in [1.165, 1.54) is 14.0 Å². The summed E-state index contributed by atoms with van der Waals surface area (Å²) in [5.41, 5.74) is 3.11. The fourth-order valence-corrected chi connectivity index (χ4v) is 2.60. The van der Waals surface area contributed by atoms with Gasteiger partial charge in [0.15, 0.2) is 0 Å². The largest absolute Gasteiger partial charge is 0.464 e. The zero-order valence-corrected chi connectivity index (χ0v) is 13.4. The number of anilines is 1. The van der Waals surface area contributed by atoms with Gasteiger partial charge in [0.2, 0.25) is 5.91 Å². The normalized spacial score (nSPS) is 10.4. The van der Waals surface area contributed by atoms with Gasteiger partial charge in [0.05, 0.1) is 18.3 Å². The molecule has 120 valence electrons. The van der Waals surface area contributed by atoms with Crippen LogP contribution in [0.4, 0.5) is 5.69 Å². The minimum Gasteiger partial charge on any atom is -0.464 e. The van der Waals surface area contributed by atoms with Crippen LogP contribution in [-0.2, 0) is 9.53 Å². The van der Waals surface area contributed by atoms with Crippen LogP contribution in [0.25, 0.3) is 22.0 Å². The number of ether oxygens (including phenoxy) is 1. The molecule has 5 nitrogen and oxygen atoms in total. The molecule has 1 amide bonds. The van der Waals surface area contributed by atoms with Crippen LogP contribution in [0.15, 0.2) is 54.6 Å². The maximum absolute atomic E-state index is 12.0. The lowest BCUT2D eigenvalue weighted by Gasteiger charge is -2.12. The molecule has 0 unspecified atom stereocenters. The molecule has 1 heterocycles. The van der Waals surface area contributed by atoms with Crippen molar-refractivity contribution in [2.45, 2.75) is 6.92 Å². The van der Waals surface area contributed by atoms with Gasteiger partial charge in [0.25, 0.3) is 0 Å². The number of carbonyl (C=O) groups is 2. The predicted molar refractivity (Wildman–Crippen MR) is 92.8 cm³/mol. The number of pyridine rings is 1. The molecule has 0 atom stereocenters. The molecule has 3 rings (SSSR count). The molecule has 1 aromatic heterocycles. The Labute approximate surface area is 139 Å². The van der Waals surface area contributed by atoms with Crippen LogP contribution in [-0.4, -0.2) is 24.0 Å². The van der Waals surface area contributed by atoms with Gasteiger partial charge in [-0.3, -0.25) is 4.79 Å². The van der Waals surface area contributed by atoms with Crippen LogP contribution < -0.4 is 5.32 Å². The van der Waals surface area contributed by atoms with Gasteiger partial charge in [-0.1, -0.05) is 42.5 Å². The molecule has 0 saturated heterocycles. The number of benzene rings is 2. The number of hydrogen-bond acceptors (Lipinski definition) is 4. The quantitative estimate of drug-likeness (QED) is 0.748. The summed E-state index contributed by atoms with van der Waals surface area (Å²) in [7, 11) is 1.32. The molecule has 5 heteroatoms. The van der Waals surface area contributed by atoms with E-state index in [9.17, 15) is 9.59 Å². The average molecular weight is 320 g/mol. The Morgan fingerprint density at radius 1 is 1.04 bits per heavy atom. The van der Waals surface area contributed by atoms with Crippen molar-refractivity contribution in [2.75, 3.05) is 12.4 Å². The zero-order chi connectivity index (χ0) is 17.1. The fourth-order valence-electron chi connectivity index (χ4n) is 2.60. The van der Waals surface area contributed by atoms with Gasteiger partial charge in [-0.05, 0) is 23.3 Å². The number of aromatic nitrogens is 1. The molecule has 0 aliphatic carbocycles. The number of fused-ring (bicyclic) bond motifs is 1. The standard InChI is InChI=1S/C19H16N2O3/c1-12(22)20-16-10-6-9-14-15(13-7-4-3-5-8-13)11-17(19(23)24-2)21-18(14)16/h3-11H,1-2H3,(H,20,22). The second-order valence-electron chi connectivity index (χ2n) is 5.30. The smallest absolute Gasteiger partial charge is 0.356 e. The van der Waals surface area contributed by atoms with Gasteiger partial charge in [-0.15, -0.1) is 0 Å². The number of nitrogens with zero attached hydrogens (tertiary/aromatic N) is 1. The van der Waals surface area contributed by atoms with E-state index in [4.69, 9.17) is 4.74 Å². The first kappa shape index (κ1) is 15.7. The van der Waals surface area contributed by atoms with E-state index in [0.29, 0.717) is 11.2 Å². The second-order valence-corrected chi connectivity index (χ2v) is 5.30. The van der Waals surface area contributed by atoms with Gasteiger partial charge in [-0.2, -0.15) is 0 Å². The Morgan fingerprint density at radius 2 is 1.79 bits per heavy atom. The van der Waals surface area contributed by atoms with Crippen molar-refractivity contribution in [3.8, 4) is 11.1 Å². The van der Waals surface area contributed by atoms with E-state index in [2.05, 4.69) is 10.3 Å². The summed E-state index contributed by atoms with van der Waals surface area (Å²) in [6.07, 6.45) is 0. The Kier molecular flexibility index (Phi) is 4.24. The Hall–Kier alpha value is -3.21. The summed E-state index contributed by atoms with van der Waals surface area (Å²) in [6, 6.07) is 16.9. The lowest BCUT2D eigenvalue weighted by molar-refractivity contribution is -0.114. The number of carbonyl (C=O) groups excluding carboxylic acids is 2. The molecule has 0 saturated carbocycles. The minimum atomic E-state index is -0.522. The number of methoxy groups -OCH3 is 1. The van der Waals surface area contributed by atoms with Crippen molar-refractivity contribution >= 4 is 28.5 Å². The summed E-state index contributed by atoms with van der Waals surface area (Å²) in [4.78, 5) is 27.9. The first-order valence-corrected chi connectivity index (χ1v) is 7.45. The third kappa shape index (κ3) is 2.96. The summed E-state index contributed by atoms with van der Waals surface area (Å²) in [6.45, 7) is 1.43. The second kappa shape index (κ2) is 6.50. The van der Waals surface area contributed by atoms with E-state index in [1.54, 1.807) is 12.1 Å². The van der Waals surface area contributed by atoms with Crippen molar-refractivity contribution in [3.63, 3.8) is 0 Å². The van der Waals surface area contributed by atoms with Crippen LogP contribution in [0.5, 0.6) is 0 Å². The van der Waals surface area contributed by atoms with Gasteiger partial charge in [0, 0.05) is 12.3 Å². The topological polar surface area (TPSA) is 68.3 Å². The Morgan fingerprint density at radius 3 is 2.46 bits per heavy atom. The molecular weight excluding hydrogens is 304 g/mol. The number of amides is 1. The summed E-state index contributed by atoms with van der Waals surface area (Å²) in [5.74, 6) is -0.722. The molecule has 1 N–H and O–H groups in total. The van der Waals surface area contributed by atoms with Crippen molar-refractivity contribution in [2.24, 2.45) is 0 Å². The maximum atomic E-state index is 12.0. The van der Waals surface area contributed by atoms with E-state index in [-0.39, 0.29) is 11.6 Å². The third-order valence-corrected chi connectivity index (χ3v) is 3.63. The number of rotatable bonds is 3. The van der Waals surface area contributed by atoms with Crippen LogP contribution in [0.2, 0.25) is 0 Å². The van der Waals surface area contributed by atoms with Gasteiger partial charge >= 0.3 is 5.97 Å². The first-order valence-electron chi connectivity index (χ1n) is 7.45. The van der Waals surface area contributed by atoms with Gasteiger partial charge in [-0.25, -0.2) is 9.78 Å². The number of para-hydroxylation sites is 1. The lowest BCUT2D eigenvalue weighted by Crippen LogP contribution is -2.09. The average Bonchev–Trinajstić information content (AvgIpc) is 2.61. The molecule has 0 bridgehead atoms. The molecule has 3 aromatic rings. The monoisotopic (exact) mass is 320 g/mol. The van der Waals surface area contributed by atoms with Gasteiger partial charge < -0.3 is 10.1 Å². The Balaban J connectivity index is 2.33. The van der Waals surface area contributed by atoms with Crippen LogP contribution >= 0.6 is 0 Å². The molecule has 0 aliphatic rings. The maximum Gasteiger partial charge on any atom is 0.356 e. The molecule has 0 spiro atoms. The van der Waals surface area contributed by atoms with Crippen LogP contribution in [0.1, 0.15) is 17.4 Å². The summed E-state index contributed by atoms with van der Waals surface area (Å²) < 4.78 is 4.81. The zero-order valence-electron chi connectivity index (χ0n) is 13.4. The van der Waals surface area contributed by atoms with Crippen molar-refractivity contribution in [1.29, 1.82) is 0 Å². The van der Waals surface area contributed by atoms with Crippen LogP contribution in [0, 0.1) is 0 Å². The molecule has 0 radical (unpaired) electrons. The van der Waals surface area contributed by atoms with Gasteiger partial charge in [0.1, 0.15) is 5.69 Å². The van der Waals surface area contributed by atoms with Crippen molar-refractivity contribution in [3.05, 3.63) is 60.3 Å². The molecule has 0 aliphatic heterocycles. The van der Waals surface area contributed by atoms with E-state index in [1.807, 2.05) is 42.5 Å². The van der Waals surface area contributed by atoms with E-state index < -0.39 is 5.97 Å². The fraction of sp³-hybridized carbons (Fsp3) is 0.105. The first-order chi connectivity index (χ1) is 11.6. The molecule has 0 fully saturated rings. The van der Waals surface area contributed by atoms with E-state index in [0.717, 1.165) is 16.5 Å². The highest BCUT2D eigenvalue weighted by Gasteiger charge is 2.15. The third-order valence-electron chi connectivity index (χ3n) is 3.63. The lowest BCUT2D eigenvalue weighted by atomic mass is 9.99. The molecular formula is C19H16N2O3. The van der Waals surface area contributed by atoms with E-state index >= 15 is 0 Å². The minimum absolute atomic E-state index is 0.196. The predicted octanol–water partition coefficient (Wildman–Crippen LogP) is 3.65. The SMILES string of the molecule is COC(=O)c1cc(-c2ccccc2)c2cccc(NC(C)=O)c2n1.